The first-order valence-electron chi connectivity index (χ1n) is 8.19. The van der Waals surface area contributed by atoms with Crippen molar-refractivity contribution in [1.29, 1.82) is 0 Å². The van der Waals surface area contributed by atoms with Crippen LogP contribution in [-0.2, 0) is 11.3 Å². The third-order valence-corrected chi connectivity index (χ3v) is 3.64. The van der Waals surface area contributed by atoms with Crippen LogP contribution in [0.25, 0.3) is 0 Å². The molecule has 0 aromatic heterocycles. The van der Waals surface area contributed by atoms with Crippen LogP contribution in [-0.4, -0.2) is 30.4 Å². The molecule has 0 aliphatic rings. The molecule has 0 fully saturated rings. The lowest BCUT2D eigenvalue weighted by Crippen LogP contribution is -2.44. The van der Waals surface area contributed by atoms with E-state index in [9.17, 15) is 44.7 Å². The number of ether oxygens (including phenoxy) is 1. The molecular formula is C18H12F8N2O3. The minimum atomic E-state index is -5.65. The molecule has 2 aromatic rings. The van der Waals surface area contributed by atoms with E-state index in [4.69, 9.17) is 0 Å². The summed E-state index contributed by atoms with van der Waals surface area (Å²) >= 11 is 0. The van der Waals surface area contributed by atoms with Crippen LogP contribution >= 0.6 is 0 Å². The zero-order valence-corrected chi connectivity index (χ0v) is 15.1. The van der Waals surface area contributed by atoms with Gasteiger partial charge in [0.15, 0.2) is 0 Å². The molecule has 0 spiro atoms. The zero-order chi connectivity index (χ0) is 23.4. The average Bonchev–Trinajstić information content (AvgIpc) is 2.60. The Hall–Kier alpha value is -3.22. The largest absolute Gasteiger partial charge is 0.423 e. The summed E-state index contributed by atoms with van der Waals surface area (Å²) in [5.74, 6) is -3.78. The molecule has 0 aliphatic carbocycles. The van der Waals surface area contributed by atoms with Gasteiger partial charge < -0.3 is 10.1 Å². The molecule has 0 aliphatic heterocycles. The Morgan fingerprint density at radius 1 is 0.871 bits per heavy atom. The second-order valence-electron chi connectivity index (χ2n) is 5.98. The quantitative estimate of drug-likeness (QED) is 0.627. The number of urea groups is 1. The van der Waals surface area contributed by atoms with Crippen molar-refractivity contribution in [3.05, 3.63) is 65.2 Å². The molecule has 13 heteroatoms. The van der Waals surface area contributed by atoms with Crippen molar-refractivity contribution < 1.29 is 49.4 Å². The van der Waals surface area contributed by atoms with Crippen LogP contribution in [0.2, 0.25) is 0 Å². The molecule has 0 saturated carbocycles. The van der Waals surface area contributed by atoms with Gasteiger partial charge in [-0.1, -0.05) is 18.2 Å². The Labute approximate surface area is 169 Å². The van der Waals surface area contributed by atoms with Crippen molar-refractivity contribution in [3.8, 4) is 0 Å². The van der Waals surface area contributed by atoms with E-state index in [1.807, 2.05) is 0 Å². The van der Waals surface area contributed by atoms with Crippen LogP contribution < -0.4 is 10.6 Å². The van der Waals surface area contributed by atoms with E-state index in [0.717, 1.165) is 42.5 Å². The number of hydrogen-bond acceptors (Lipinski definition) is 3. The van der Waals surface area contributed by atoms with Crippen LogP contribution in [0.4, 0.5) is 45.6 Å². The Kier molecular flexibility index (Phi) is 7.21. The maximum absolute atomic E-state index is 13.5. The maximum Gasteiger partial charge on any atom is 0.423 e. The van der Waals surface area contributed by atoms with Gasteiger partial charge in [0.1, 0.15) is 17.2 Å². The molecule has 0 atom stereocenters. The fourth-order valence-corrected chi connectivity index (χ4v) is 2.28. The topological polar surface area (TPSA) is 67.4 Å². The summed E-state index contributed by atoms with van der Waals surface area (Å²) in [6.45, 7) is -1.03. The van der Waals surface area contributed by atoms with Gasteiger partial charge in [0.2, 0.25) is 6.10 Å². The Morgan fingerprint density at radius 2 is 1.39 bits per heavy atom. The van der Waals surface area contributed by atoms with E-state index in [0.29, 0.717) is 0 Å². The molecule has 2 rings (SSSR count). The molecular weight excluding hydrogens is 444 g/mol. The molecule has 3 amide bonds. The third kappa shape index (κ3) is 6.64. The number of benzene rings is 2. The number of rotatable bonds is 5. The van der Waals surface area contributed by atoms with Gasteiger partial charge >= 0.3 is 18.4 Å². The standard InChI is InChI=1S/C18H12F8N2O3/c19-11-2-1-3-12(20)13(11)14(29)28-16(30)27-10-6-4-9(5-7-10)8-31-15(17(21,22)23)18(24,25)26/h1-7,15H,8H2,(H2,27,28,29,30). The van der Waals surface area contributed by atoms with Gasteiger partial charge in [-0.05, 0) is 29.8 Å². The highest BCUT2D eigenvalue weighted by atomic mass is 19.4. The fraction of sp³-hybridized carbons (Fsp3) is 0.222. The van der Waals surface area contributed by atoms with E-state index < -0.39 is 54.2 Å². The number of nitrogens with one attached hydrogen (secondary N) is 2. The number of imide groups is 1. The first-order valence-corrected chi connectivity index (χ1v) is 8.19. The highest BCUT2D eigenvalue weighted by Gasteiger charge is 2.57. The van der Waals surface area contributed by atoms with Crippen LogP contribution in [0.1, 0.15) is 15.9 Å². The summed E-state index contributed by atoms with van der Waals surface area (Å²) < 4.78 is 106. The number of anilines is 1. The Bertz CT molecular complexity index is 908. The number of halogens is 8. The summed E-state index contributed by atoms with van der Waals surface area (Å²) in [7, 11) is 0. The first-order chi connectivity index (χ1) is 14.3. The smallest absolute Gasteiger partial charge is 0.356 e. The van der Waals surface area contributed by atoms with Crippen LogP contribution in [0.15, 0.2) is 42.5 Å². The van der Waals surface area contributed by atoms with Gasteiger partial charge in [-0.25, -0.2) is 13.6 Å². The van der Waals surface area contributed by atoms with Gasteiger partial charge in [-0.3, -0.25) is 10.1 Å². The molecule has 5 nitrogen and oxygen atoms in total. The molecule has 168 valence electrons. The van der Waals surface area contributed by atoms with E-state index >= 15 is 0 Å². The van der Waals surface area contributed by atoms with E-state index in [-0.39, 0.29) is 11.3 Å². The Balaban J connectivity index is 1.96. The summed E-state index contributed by atoms with van der Waals surface area (Å²) in [5.41, 5.74) is -1.09. The molecule has 2 N–H and O–H groups in total. The average molecular weight is 456 g/mol. The fourth-order valence-electron chi connectivity index (χ4n) is 2.28. The number of amides is 3. The third-order valence-electron chi connectivity index (χ3n) is 3.64. The molecule has 0 unspecified atom stereocenters. The van der Waals surface area contributed by atoms with Gasteiger partial charge in [0, 0.05) is 5.69 Å². The van der Waals surface area contributed by atoms with Crippen molar-refractivity contribution in [1.82, 2.24) is 5.32 Å². The van der Waals surface area contributed by atoms with Crippen molar-refractivity contribution >= 4 is 17.6 Å². The molecule has 0 saturated heterocycles. The number of carbonyl (C=O) groups excluding carboxylic acids is 2. The van der Waals surface area contributed by atoms with Crippen molar-refractivity contribution in [3.63, 3.8) is 0 Å². The van der Waals surface area contributed by atoms with E-state index in [2.05, 4.69) is 10.1 Å². The lowest BCUT2D eigenvalue weighted by atomic mass is 10.2. The molecule has 2 aromatic carbocycles. The predicted octanol–water partition coefficient (Wildman–Crippen LogP) is 4.94. The zero-order valence-electron chi connectivity index (χ0n) is 15.1. The number of hydrogen-bond donors (Lipinski definition) is 2. The molecule has 0 radical (unpaired) electrons. The lowest BCUT2D eigenvalue weighted by Gasteiger charge is -2.23. The summed E-state index contributed by atoms with van der Waals surface area (Å²) in [6, 6.07) is 5.77. The van der Waals surface area contributed by atoms with Gasteiger partial charge in [-0.2, -0.15) is 26.3 Å². The van der Waals surface area contributed by atoms with E-state index in [1.165, 1.54) is 0 Å². The van der Waals surface area contributed by atoms with Crippen LogP contribution in [0.3, 0.4) is 0 Å². The molecule has 0 heterocycles. The predicted molar refractivity (Wildman–Crippen MR) is 90.0 cm³/mol. The lowest BCUT2D eigenvalue weighted by molar-refractivity contribution is -0.324. The summed E-state index contributed by atoms with van der Waals surface area (Å²) in [4.78, 5) is 23.6. The normalized spacial score (nSPS) is 12.0. The molecule has 31 heavy (non-hydrogen) atoms. The number of alkyl halides is 6. The SMILES string of the molecule is O=C(NC(=O)c1c(F)cccc1F)Nc1ccc(COC(C(F)(F)F)C(F)(F)F)cc1. The van der Waals surface area contributed by atoms with Gasteiger partial charge in [0.05, 0.1) is 6.61 Å². The monoisotopic (exact) mass is 456 g/mol. The highest BCUT2D eigenvalue weighted by Crippen LogP contribution is 2.36. The summed E-state index contributed by atoms with van der Waals surface area (Å²) in [5, 5.41) is 3.78. The first kappa shape index (κ1) is 24.1. The van der Waals surface area contributed by atoms with Crippen molar-refractivity contribution in [2.24, 2.45) is 0 Å². The second kappa shape index (κ2) is 9.29. The van der Waals surface area contributed by atoms with Crippen molar-refractivity contribution in [2.45, 2.75) is 25.1 Å². The van der Waals surface area contributed by atoms with Gasteiger partial charge in [-0.15, -0.1) is 0 Å². The minimum absolute atomic E-state index is 0.0220. The van der Waals surface area contributed by atoms with Crippen molar-refractivity contribution in [2.75, 3.05) is 5.32 Å². The highest BCUT2D eigenvalue weighted by molar-refractivity contribution is 6.08. The number of carbonyl (C=O) groups is 2. The van der Waals surface area contributed by atoms with E-state index in [1.54, 1.807) is 5.32 Å². The van der Waals surface area contributed by atoms with Gasteiger partial charge in [0.25, 0.3) is 5.91 Å². The van der Waals surface area contributed by atoms with Crippen LogP contribution in [0, 0.1) is 11.6 Å². The van der Waals surface area contributed by atoms with Crippen LogP contribution in [0.5, 0.6) is 0 Å². The Morgan fingerprint density at radius 3 is 1.87 bits per heavy atom. The second-order valence-corrected chi connectivity index (χ2v) is 5.98. The maximum atomic E-state index is 13.5. The summed E-state index contributed by atoms with van der Waals surface area (Å²) in [6.07, 6.45) is -15.3. The minimum Gasteiger partial charge on any atom is -0.356 e. The molecule has 0 bridgehead atoms.